The predicted molar refractivity (Wildman–Crippen MR) is 176 cm³/mol. The van der Waals surface area contributed by atoms with E-state index in [1.807, 2.05) is 18.2 Å². The van der Waals surface area contributed by atoms with Crippen LogP contribution in [-0.4, -0.2) is 78.2 Å². The lowest BCUT2D eigenvalue weighted by atomic mass is 10.1. The SMILES string of the molecule is COC(=O)c1ccc(C(=O)N2CC(NC(=O)C(C)N(C)C(=O)OC(C)(C)C)C(=O)N(Cc3noc4ccccc34)c3ccccc32)cc1. The maximum atomic E-state index is 14.4. The molecule has 1 N–H and O–H groups in total. The molecule has 1 aliphatic rings. The molecule has 0 radical (unpaired) electrons. The van der Waals surface area contributed by atoms with Crippen LogP contribution in [0.25, 0.3) is 11.0 Å². The molecule has 5 rings (SSSR count). The predicted octanol–water partition coefficient (Wildman–Crippen LogP) is 4.55. The number of aromatic nitrogens is 1. The number of para-hydroxylation sites is 3. The molecular weight excluding hydrogens is 618 g/mol. The number of hydrogen-bond donors (Lipinski definition) is 1. The third kappa shape index (κ3) is 6.99. The molecule has 1 aromatic heterocycles. The quantitative estimate of drug-likeness (QED) is 0.283. The highest BCUT2D eigenvalue weighted by atomic mass is 16.6. The zero-order valence-corrected chi connectivity index (χ0v) is 27.6. The summed E-state index contributed by atoms with van der Waals surface area (Å²) in [5.74, 6) is -2.16. The standard InChI is InChI=1S/C35H37N5O8/c1-21(38(5)34(45)47-35(2,3)4)30(41)36-26-20-39(31(42)22-15-17-23(18-16-22)33(44)46-6)27-12-8-9-13-28(27)40(32(26)43)19-25-24-11-7-10-14-29(24)48-37-25/h7-18,21,26H,19-20H2,1-6H3,(H,36,41). The third-order valence-electron chi connectivity index (χ3n) is 7.91. The van der Waals surface area contributed by atoms with E-state index < -0.39 is 47.5 Å². The van der Waals surface area contributed by atoms with Crippen molar-refractivity contribution in [3.8, 4) is 0 Å². The average Bonchev–Trinajstić information content (AvgIpc) is 3.44. The zero-order chi connectivity index (χ0) is 34.7. The number of rotatable bonds is 7. The van der Waals surface area contributed by atoms with Crippen LogP contribution < -0.4 is 15.1 Å². The van der Waals surface area contributed by atoms with Crippen molar-refractivity contribution in [1.82, 2.24) is 15.4 Å². The second kappa shape index (κ2) is 13.6. The van der Waals surface area contributed by atoms with Crippen molar-refractivity contribution >= 4 is 52.1 Å². The fourth-order valence-electron chi connectivity index (χ4n) is 5.23. The highest BCUT2D eigenvalue weighted by molar-refractivity contribution is 6.13. The number of nitrogens with one attached hydrogen (secondary N) is 1. The average molecular weight is 656 g/mol. The minimum Gasteiger partial charge on any atom is -0.465 e. The first kappa shape index (κ1) is 33.6. The Morgan fingerprint density at radius 2 is 1.60 bits per heavy atom. The fraction of sp³-hybridized carbons (Fsp3) is 0.314. The monoisotopic (exact) mass is 655 g/mol. The summed E-state index contributed by atoms with van der Waals surface area (Å²) in [7, 11) is 2.69. The molecule has 2 atom stereocenters. The van der Waals surface area contributed by atoms with Gasteiger partial charge < -0.3 is 29.1 Å². The van der Waals surface area contributed by atoms with E-state index in [9.17, 15) is 24.0 Å². The van der Waals surface area contributed by atoms with Gasteiger partial charge in [0.2, 0.25) is 5.91 Å². The number of likely N-dealkylation sites (N-methyl/N-ethyl adjacent to an activating group) is 1. The van der Waals surface area contributed by atoms with Crippen LogP contribution in [0.2, 0.25) is 0 Å². The molecule has 250 valence electrons. The van der Waals surface area contributed by atoms with Crippen molar-refractivity contribution in [1.29, 1.82) is 0 Å². The van der Waals surface area contributed by atoms with E-state index in [1.54, 1.807) is 51.1 Å². The number of hydrogen-bond acceptors (Lipinski definition) is 9. The van der Waals surface area contributed by atoms with E-state index in [4.69, 9.17) is 14.0 Å². The van der Waals surface area contributed by atoms with E-state index in [2.05, 4.69) is 10.5 Å². The number of carbonyl (C=O) groups excluding carboxylic acids is 5. The van der Waals surface area contributed by atoms with E-state index >= 15 is 0 Å². The van der Waals surface area contributed by atoms with Gasteiger partial charge in [0.1, 0.15) is 23.4 Å². The maximum Gasteiger partial charge on any atom is 0.410 e. The lowest BCUT2D eigenvalue weighted by molar-refractivity contribution is -0.130. The minimum absolute atomic E-state index is 0.0253. The van der Waals surface area contributed by atoms with Gasteiger partial charge in [-0.1, -0.05) is 29.4 Å². The molecular formula is C35H37N5O8. The second-order valence-corrected chi connectivity index (χ2v) is 12.4. The lowest BCUT2D eigenvalue weighted by Gasteiger charge is -2.30. The number of amides is 4. The van der Waals surface area contributed by atoms with Gasteiger partial charge in [0, 0.05) is 18.0 Å². The van der Waals surface area contributed by atoms with Gasteiger partial charge in [-0.15, -0.1) is 0 Å². The lowest BCUT2D eigenvalue weighted by Crippen LogP contribution is -2.57. The smallest absolute Gasteiger partial charge is 0.410 e. The molecule has 0 fully saturated rings. The molecule has 13 heteroatoms. The molecule has 0 aliphatic carbocycles. The second-order valence-electron chi connectivity index (χ2n) is 12.4. The van der Waals surface area contributed by atoms with Gasteiger partial charge in [-0.2, -0.15) is 0 Å². The molecule has 4 amide bonds. The van der Waals surface area contributed by atoms with Gasteiger partial charge >= 0.3 is 12.1 Å². The van der Waals surface area contributed by atoms with E-state index in [1.165, 1.54) is 55.1 Å². The Bertz CT molecular complexity index is 1860. The number of anilines is 2. The Balaban J connectivity index is 1.53. The van der Waals surface area contributed by atoms with Crippen LogP contribution in [0.1, 0.15) is 54.1 Å². The molecule has 0 spiro atoms. The highest BCUT2D eigenvalue weighted by Crippen LogP contribution is 2.35. The Morgan fingerprint density at radius 1 is 0.979 bits per heavy atom. The van der Waals surface area contributed by atoms with Crippen LogP contribution in [0.3, 0.4) is 0 Å². The summed E-state index contributed by atoms with van der Waals surface area (Å²) in [5, 5.41) is 7.70. The molecule has 0 bridgehead atoms. The van der Waals surface area contributed by atoms with Crippen molar-refractivity contribution in [2.24, 2.45) is 0 Å². The normalized spacial score (nSPS) is 15.3. The van der Waals surface area contributed by atoms with Crippen molar-refractivity contribution in [2.45, 2.75) is 51.9 Å². The number of ether oxygens (including phenoxy) is 2. The number of benzene rings is 3. The first-order valence-electron chi connectivity index (χ1n) is 15.3. The first-order valence-corrected chi connectivity index (χ1v) is 15.3. The van der Waals surface area contributed by atoms with Gasteiger partial charge in [0.15, 0.2) is 5.58 Å². The first-order chi connectivity index (χ1) is 22.8. The maximum absolute atomic E-state index is 14.4. The van der Waals surface area contributed by atoms with Crippen LogP contribution in [0.5, 0.6) is 0 Å². The van der Waals surface area contributed by atoms with Crippen LogP contribution >= 0.6 is 0 Å². The van der Waals surface area contributed by atoms with Gasteiger partial charge in [0.05, 0.1) is 37.1 Å². The zero-order valence-electron chi connectivity index (χ0n) is 27.6. The van der Waals surface area contributed by atoms with Gasteiger partial charge in [-0.25, -0.2) is 9.59 Å². The van der Waals surface area contributed by atoms with Crippen molar-refractivity contribution in [3.63, 3.8) is 0 Å². The van der Waals surface area contributed by atoms with Gasteiger partial charge in [0.25, 0.3) is 11.8 Å². The summed E-state index contributed by atoms with van der Waals surface area (Å²) in [6.07, 6.45) is -0.712. The van der Waals surface area contributed by atoms with Crippen molar-refractivity contribution in [3.05, 3.63) is 89.6 Å². The Hall–Kier alpha value is -5.72. The summed E-state index contributed by atoms with van der Waals surface area (Å²) in [4.78, 5) is 70.9. The molecule has 2 unspecified atom stereocenters. The molecule has 2 heterocycles. The van der Waals surface area contributed by atoms with E-state index in [-0.39, 0.29) is 24.2 Å². The largest absolute Gasteiger partial charge is 0.465 e. The Labute approximate surface area is 277 Å². The highest BCUT2D eigenvalue weighted by Gasteiger charge is 2.39. The molecule has 3 aromatic carbocycles. The minimum atomic E-state index is -1.24. The van der Waals surface area contributed by atoms with E-state index in [0.717, 1.165) is 4.90 Å². The fourth-order valence-corrected chi connectivity index (χ4v) is 5.23. The van der Waals surface area contributed by atoms with Crippen molar-refractivity contribution < 1.29 is 38.0 Å². The van der Waals surface area contributed by atoms with Gasteiger partial charge in [-0.05, 0) is 76.2 Å². The summed E-state index contributed by atoms with van der Waals surface area (Å²) in [6, 6.07) is 17.8. The number of esters is 1. The van der Waals surface area contributed by atoms with Crippen LogP contribution in [0, 0.1) is 0 Å². The summed E-state index contributed by atoms with van der Waals surface area (Å²) < 4.78 is 15.7. The molecule has 4 aromatic rings. The van der Waals surface area contributed by atoms with Crippen LogP contribution in [-0.2, 0) is 25.6 Å². The third-order valence-corrected chi connectivity index (χ3v) is 7.91. The van der Waals surface area contributed by atoms with Crippen molar-refractivity contribution in [2.75, 3.05) is 30.5 Å². The number of methoxy groups -OCH3 is 1. The molecule has 48 heavy (non-hydrogen) atoms. The van der Waals surface area contributed by atoms with E-state index in [0.29, 0.717) is 28.0 Å². The summed E-state index contributed by atoms with van der Waals surface area (Å²) in [5.41, 5.74) is 1.56. The summed E-state index contributed by atoms with van der Waals surface area (Å²) >= 11 is 0. The number of carbonyl (C=O) groups is 5. The molecule has 0 saturated carbocycles. The summed E-state index contributed by atoms with van der Waals surface area (Å²) in [6.45, 7) is 6.40. The molecule has 13 nitrogen and oxygen atoms in total. The van der Waals surface area contributed by atoms with Crippen LogP contribution in [0.4, 0.5) is 16.2 Å². The molecule has 1 aliphatic heterocycles. The van der Waals surface area contributed by atoms with Crippen LogP contribution in [0.15, 0.2) is 77.3 Å². The number of nitrogens with zero attached hydrogens (tertiary/aromatic N) is 4. The molecule has 0 saturated heterocycles. The Morgan fingerprint density at radius 3 is 2.27 bits per heavy atom. The van der Waals surface area contributed by atoms with Gasteiger partial charge in [-0.3, -0.25) is 19.3 Å². The number of fused-ring (bicyclic) bond motifs is 2. The Kier molecular flexibility index (Phi) is 9.50. The topological polar surface area (TPSA) is 152 Å².